The van der Waals surface area contributed by atoms with Crippen LogP contribution >= 0.6 is 0 Å². The van der Waals surface area contributed by atoms with E-state index < -0.39 is 5.97 Å². The minimum absolute atomic E-state index is 0.152. The monoisotopic (exact) mass is 144 g/mol. The Labute approximate surface area is 61.4 Å². The molecule has 3 heteroatoms. The molecule has 0 spiro atoms. The van der Waals surface area contributed by atoms with Gasteiger partial charge in [0.05, 0.1) is 6.42 Å². The molecule has 0 aromatic heterocycles. The summed E-state index contributed by atoms with van der Waals surface area (Å²) in [6.07, 6.45) is 0.806. The van der Waals surface area contributed by atoms with Crippen LogP contribution in [0.3, 0.4) is 0 Å². The molecule has 10 heavy (non-hydrogen) atoms. The van der Waals surface area contributed by atoms with E-state index in [1.807, 2.05) is 13.8 Å². The van der Waals surface area contributed by atoms with Crippen molar-refractivity contribution in [1.82, 2.24) is 5.32 Å². The van der Waals surface area contributed by atoms with Gasteiger partial charge in [-0.2, -0.15) is 0 Å². The van der Waals surface area contributed by atoms with E-state index in [2.05, 4.69) is 5.32 Å². The van der Waals surface area contributed by atoms with Crippen molar-refractivity contribution in [2.45, 2.75) is 32.7 Å². The van der Waals surface area contributed by atoms with Crippen LogP contribution in [0.5, 0.6) is 0 Å². The third-order valence-corrected chi connectivity index (χ3v) is 1.11. The second kappa shape index (κ2) is 5.23. The standard InChI is InChI=1S/C7H14NO2/c1-6(2)8-5-3-4-7(9)10/h6,8H,3-5H2,1-2H3. The zero-order chi connectivity index (χ0) is 7.98. The Kier molecular flexibility index (Phi) is 4.94. The third kappa shape index (κ3) is 7.43. The molecule has 0 aliphatic rings. The van der Waals surface area contributed by atoms with Crippen LogP contribution < -0.4 is 5.32 Å². The molecular formula is C7H14NO2. The van der Waals surface area contributed by atoms with Gasteiger partial charge in [0.15, 0.2) is 0 Å². The number of hydrogen-bond donors (Lipinski definition) is 1. The van der Waals surface area contributed by atoms with E-state index in [1.165, 1.54) is 0 Å². The molecule has 0 fully saturated rings. The average molecular weight is 144 g/mol. The fourth-order valence-electron chi connectivity index (χ4n) is 0.623. The summed E-state index contributed by atoms with van der Waals surface area (Å²) in [6, 6.07) is 0.432. The maximum absolute atomic E-state index is 9.91. The molecule has 1 radical (unpaired) electrons. The van der Waals surface area contributed by atoms with Gasteiger partial charge in [-0.3, -0.25) is 0 Å². The maximum atomic E-state index is 9.91. The van der Waals surface area contributed by atoms with E-state index in [4.69, 9.17) is 0 Å². The first-order chi connectivity index (χ1) is 4.63. The lowest BCUT2D eigenvalue weighted by Gasteiger charge is -2.05. The Balaban J connectivity index is 2.98. The molecule has 1 N–H and O–H groups in total. The van der Waals surface area contributed by atoms with Gasteiger partial charge in [-0.25, -0.2) is 9.90 Å². The number of rotatable bonds is 5. The Morgan fingerprint density at radius 3 is 2.50 bits per heavy atom. The molecule has 0 rings (SSSR count). The number of carbonyl (C=O) groups is 1. The summed E-state index contributed by atoms with van der Waals surface area (Å²) in [4.78, 5) is 9.91. The Morgan fingerprint density at radius 1 is 1.50 bits per heavy atom. The van der Waals surface area contributed by atoms with E-state index in [9.17, 15) is 9.90 Å². The summed E-state index contributed by atoms with van der Waals surface area (Å²) in [6.45, 7) is 4.81. The van der Waals surface area contributed by atoms with Gasteiger partial charge in [-0.05, 0) is 13.0 Å². The first-order valence-corrected chi connectivity index (χ1v) is 3.56. The van der Waals surface area contributed by atoms with Gasteiger partial charge in [0.1, 0.15) is 0 Å². The largest absolute Gasteiger partial charge is 0.355 e. The average Bonchev–Trinajstić information content (AvgIpc) is 1.79. The van der Waals surface area contributed by atoms with Crippen LogP contribution in [0.15, 0.2) is 0 Å². The number of carbonyl (C=O) groups excluding carboxylic acids is 1. The number of hydrogen-bond acceptors (Lipinski definition) is 2. The molecule has 0 saturated heterocycles. The molecule has 0 saturated carbocycles. The molecule has 0 aromatic carbocycles. The highest BCUT2D eigenvalue weighted by Crippen LogP contribution is 1.87. The molecule has 0 atom stereocenters. The lowest BCUT2D eigenvalue weighted by atomic mass is 10.3. The lowest BCUT2D eigenvalue weighted by molar-refractivity contribution is -0.143. The topological polar surface area (TPSA) is 49.0 Å². The molecule has 3 nitrogen and oxygen atoms in total. The fraction of sp³-hybridized carbons (Fsp3) is 0.857. The molecule has 0 aliphatic heterocycles. The van der Waals surface area contributed by atoms with Crippen molar-refractivity contribution < 1.29 is 9.90 Å². The van der Waals surface area contributed by atoms with E-state index in [1.54, 1.807) is 0 Å². The predicted octanol–water partition coefficient (Wildman–Crippen LogP) is 0.722. The van der Waals surface area contributed by atoms with Crippen molar-refractivity contribution in [3.05, 3.63) is 0 Å². The molecule has 0 heterocycles. The van der Waals surface area contributed by atoms with Crippen molar-refractivity contribution in [3.8, 4) is 0 Å². The zero-order valence-corrected chi connectivity index (χ0v) is 6.52. The molecule has 0 aliphatic carbocycles. The molecule has 0 unspecified atom stereocenters. The molecule has 0 aromatic rings. The summed E-state index contributed by atoms with van der Waals surface area (Å²) < 4.78 is 0. The van der Waals surface area contributed by atoms with E-state index in [0.717, 1.165) is 6.54 Å². The zero-order valence-electron chi connectivity index (χ0n) is 6.52. The molecular weight excluding hydrogens is 130 g/mol. The predicted molar refractivity (Wildman–Crippen MR) is 38.1 cm³/mol. The smallest absolute Gasteiger partial charge is 0.315 e. The normalized spacial score (nSPS) is 10.3. The van der Waals surface area contributed by atoms with Crippen molar-refractivity contribution in [2.24, 2.45) is 0 Å². The van der Waals surface area contributed by atoms with Gasteiger partial charge < -0.3 is 5.32 Å². The van der Waals surface area contributed by atoms with Gasteiger partial charge in [0, 0.05) is 6.04 Å². The summed E-state index contributed by atoms with van der Waals surface area (Å²) in [5.74, 6) is -0.967. The lowest BCUT2D eigenvalue weighted by Crippen LogP contribution is -2.23. The van der Waals surface area contributed by atoms with Crippen LogP contribution in [-0.2, 0) is 9.90 Å². The van der Waals surface area contributed by atoms with Gasteiger partial charge in [-0.1, -0.05) is 13.8 Å². The second-order valence-electron chi connectivity index (χ2n) is 2.58. The maximum Gasteiger partial charge on any atom is 0.355 e. The third-order valence-electron chi connectivity index (χ3n) is 1.11. The van der Waals surface area contributed by atoms with Crippen LogP contribution in [0.2, 0.25) is 0 Å². The molecule has 0 bridgehead atoms. The Hall–Kier alpha value is -0.570. The van der Waals surface area contributed by atoms with Gasteiger partial charge in [0.25, 0.3) is 0 Å². The summed E-state index contributed by atoms with van der Waals surface area (Å²) in [5, 5.41) is 13.0. The van der Waals surface area contributed by atoms with Crippen LogP contribution in [0, 0.1) is 0 Å². The van der Waals surface area contributed by atoms with Crippen molar-refractivity contribution in [3.63, 3.8) is 0 Å². The van der Waals surface area contributed by atoms with E-state index in [0.29, 0.717) is 12.5 Å². The van der Waals surface area contributed by atoms with Crippen molar-refractivity contribution in [2.75, 3.05) is 6.54 Å². The van der Waals surface area contributed by atoms with E-state index in [-0.39, 0.29) is 6.42 Å². The quantitative estimate of drug-likeness (QED) is 0.578. The van der Waals surface area contributed by atoms with Gasteiger partial charge in [0.2, 0.25) is 0 Å². The van der Waals surface area contributed by atoms with Crippen LogP contribution in [0.4, 0.5) is 0 Å². The first kappa shape index (κ1) is 9.43. The molecule has 59 valence electrons. The minimum atomic E-state index is -0.967. The molecule has 0 amide bonds. The second-order valence-corrected chi connectivity index (χ2v) is 2.58. The Bertz CT molecular complexity index is 102. The highest BCUT2D eigenvalue weighted by Gasteiger charge is 1.98. The minimum Gasteiger partial charge on any atom is -0.315 e. The van der Waals surface area contributed by atoms with Gasteiger partial charge >= 0.3 is 5.97 Å². The summed E-state index contributed by atoms with van der Waals surface area (Å²) in [7, 11) is 0. The van der Waals surface area contributed by atoms with Crippen molar-refractivity contribution in [1.29, 1.82) is 0 Å². The van der Waals surface area contributed by atoms with Crippen LogP contribution in [0.1, 0.15) is 26.7 Å². The van der Waals surface area contributed by atoms with Gasteiger partial charge in [-0.15, -0.1) is 0 Å². The van der Waals surface area contributed by atoms with Crippen LogP contribution in [0.25, 0.3) is 0 Å². The van der Waals surface area contributed by atoms with Crippen LogP contribution in [-0.4, -0.2) is 18.6 Å². The highest BCUT2D eigenvalue weighted by atomic mass is 16.4. The summed E-state index contributed by atoms with van der Waals surface area (Å²) >= 11 is 0. The highest BCUT2D eigenvalue weighted by molar-refractivity contribution is 5.66. The van der Waals surface area contributed by atoms with E-state index >= 15 is 0 Å². The summed E-state index contributed by atoms with van der Waals surface area (Å²) in [5.41, 5.74) is 0. The van der Waals surface area contributed by atoms with Crippen molar-refractivity contribution >= 4 is 5.97 Å². The number of nitrogens with one attached hydrogen (secondary N) is 1. The SMILES string of the molecule is CC(C)NCCCC([O])=O. The Morgan fingerprint density at radius 2 is 2.10 bits per heavy atom. The fourth-order valence-corrected chi connectivity index (χ4v) is 0.623. The first-order valence-electron chi connectivity index (χ1n) is 3.56.